The maximum absolute atomic E-state index is 12.7. The Morgan fingerprint density at radius 1 is 1.18 bits per heavy atom. The molecule has 1 aliphatic heterocycles. The molecule has 0 atom stereocenters. The molecule has 0 spiro atoms. The van der Waals surface area contributed by atoms with Crippen LogP contribution in [0, 0.1) is 0 Å². The molecule has 144 valence electrons. The van der Waals surface area contributed by atoms with Crippen molar-refractivity contribution in [1.29, 1.82) is 0 Å². The Morgan fingerprint density at radius 3 is 2.75 bits per heavy atom. The molecule has 0 N–H and O–H groups in total. The van der Waals surface area contributed by atoms with Gasteiger partial charge in [0, 0.05) is 11.8 Å². The summed E-state index contributed by atoms with van der Waals surface area (Å²) < 4.78 is 16.8. The largest absolute Gasteiger partial charge is 0.486 e. The molecule has 28 heavy (non-hydrogen) atoms. The van der Waals surface area contributed by atoms with Gasteiger partial charge in [-0.15, -0.1) is 0 Å². The van der Waals surface area contributed by atoms with Crippen LogP contribution in [0.25, 0.3) is 22.8 Å². The Hall–Kier alpha value is -3.22. The van der Waals surface area contributed by atoms with Crippen LogP contribution in [0.5, 0.6) is 11.6 Å². The third-order valence-corrected chi connectivity index (χ3v) is 5.26. The van der Waals surface area contributed by atoms with Gasteiger partial charge in [0.2, 0.25) is 11.7 Å². The normalized spacial score (nSPS) is 15.0. The topological polar surface area (TPSA) is 87.3 Å². The van der Waals surface area contributed by atoms with E-state index in [1.807, 2.05) is 26.0 Å². The van der Waals surface area contributed by atoms with Crippen molar-refractivity contribution in [3.63, 3.8) is 0 Å². The van der Waals surface area contributed by atoms with E-state index >= 15 is 0 Å². The average Bonchev–Trinajstić information content (AvgIpc) is 3.23. The van der Waals surface area contributed by atoms with Crippen molar-refractivity contribution in [2.24, 2.45) is 0 Å². The van der Waals surface area contributed by atoms with Gasteiger partial charge in [0.1, 0.15) is 16.9 Å². The van der Waals surface area contributed by atoms with Crippen molar-refractivity contribution in [2.45, 2.75) is 38.7 Å². The van der Waals surface area contributed by atoms with E-state index in [4.69, 9.17) is 14.0 Å². The lowest BCUT2D eigenvalue weighted by molar-refractivity contribution is 0.0350. The highest BCUT2D eigenvalue weighted by Crippen LogP contribution is 2.39. The minimum atomic E-state index is -0.415. The van der Waals surface area contributed by atoms with Crippen LogP contribution in [-0.2, 0) is 0 Å². The number of carbonyl (C=O) groups excluding carboxylic acids is 1. The minimum Gasteiger partial charge on any atom is -0.486 e. The fourth-order valence-corrected chi connectivity index (χ4v) is 3.44. The zero-order valence-electron chi connectivity index (χ0n) is 16.1. The molecule has 1 aliphatic rings. The van der Waals surface area contributed by atoms with Gasteiger partial charge in [-0.2, -0.15) is 4.98 Å². The number of fused-ring (bicyclic) bond motifs is 1. The second kappa shape index (κ2) is 7.07. The van der Waals surface area contributed by atoms with Crippen molar-refractivity contribution in [3.05, 3.63) is 42.1 Å². The van der Waals surface area contributed by atoms with Gasteiger partial charge in [-0.25, -0.2) is 4.98 Å². The zero-order valence-corrected chi connectivity index (χ0v) is 16.1. The number of ketones is 1. The van der Waals surface area contributed by atoms with Crippen LogP contribution in [0.15, 0.2) is 41.1 Å². The van der Waals surface area contributed by atoms with Gasteiger partial charge >= 0.3 is 0 Å². The zero-order chi connectivity index (χ0) is 19.7. The second-order valence-corrected chi connectivity index (χ2v) is 6.79. The fourth-order valence-electron chi connectivity index (χ4n) is 3.44. The SMILES string of the molecule is CCC1(CC)CC(=O)c2cc(-c3noc(-c4cccnc4OC)n3)ccc2O1. The lowest BCUT2D eigenvalue weighted by Crippen LogP contribution is -2.40. The fraction of sp³-hybridized carbons (Fsp3) is 0.333. The van der Waals surface area contributed by atoms with Crippen molar-refractivity contribution in [1.82, 2.24) is 15.1 Å². The number of methoxy groups -OCH3 is 1. The Morgan fingerprint density at radius 2 is 2.00 bits per heavy atom. The first kappa shape index (κ1) is 18.2. The number of hydrogen-bond acceptors (Lipinski definition) is 7. The summed E-state index contributed by atoms with van der Waals surface area (Å²) in [5.74, 6) is 1.78. The van der Waals surface area contributed by atoms with Crippen LogP contribution >= 0.6 is 0 Å². The molecule has 2 aromatic heterocycles. The van der Waals surface area contributed by atoms with E-state index in [1.54, 1.807) is 24.4 Å². The molecule has 0 bridgehead atoms. The Kier molecular flexibility index (Phi) is 4.58. The molecule has 0 saturated carbocycles. The highest BCUT2D eigenvalue weighted by atomic mass is 16.5. The maximum Gasteiger partial charge on any atom is 0.263 e. The highest BCUT2D eigenvalue weighted by Gasteiger charge is 2.37. The van der Waals surface area contributed by atoms with Crippen LogP contribution in [-0.4, -0.2) is 33.6 Å². The standard InChI is InChI=1S/C21H21N3O4/c1-4-21(5-2)12-16(25)15-11-13(8-9-17(15)27-21)18-23-20(28-24-18)14-7-6-10-22-19(14)26-3/h6-11H,4-5,12H2,1-3H3. The van der Waals surface area contributed by atoms with Crippen LogP contribution < -0.4 is 9.47 Å². The van der Waals surface area contributed by atoms with Crippen LogP contribution in [0.4, 0.5) is 0 Å². The quantitative estimate of drug-likeness (QED) is 0.652. The molecule has 0 amide bonds. The molecule has 0 aliphatic carbocycles. The predicted molar refractivity (Wildman–Crippen MR) is 102 cm³/mol. The van der Waals surface area contributed by atoms with E-state index in [-0.39, 0.29) is 5.78 Å². The Bertz CT molecular complexity index is 1020. The molecule has 7 nitrogen and oxygen atoms in total. The molecule has 1 aromatic carbocycles. The smallest absolute Gasteiger partial charge is 0.263 e. The molecule has 0 radical (unpaired) electrons. The summed E-state index contributed by atoms with van der Waals surface area (Å²) in [4.78, 5) is 21.3. The van der Waals surface area contributed by atoms with Crippen molar-refractivity contribution in [2.75, 3.05) is 7.11 Å². The number of carbonyl (C=O) groups is 1. The van der Waals surface area contributed by atoms with Crippen molar-refractivity contribution in [3.8, 4) is 34.5 Å². The number of ether oxygens (including phenoxy) is 2. The lowest BCUT2D eigenvalue weighted by Gasteiger charge is -2.36. The van der Waals surface area contributed by atoms with Gasteiger partial charge < -0.3 is 14.0 Å². The second-order valence-electron chi connectivity index (χ2n) is 6.79. The number of aromatic nitrogens is 3. The molecule has 7 heteroatoms. The molecule has 4 rings (SSSR count). The number of benzene rings is 1. The molecular formula is C21H21N3O4. The van der Waals surface area contributed by atoms with E-state index in [9.17, 15) is 4.79 Å². The Labute approximate surface area is 162 Å². The first-order valence-corrected chi connectivity index (χ1v) is 9.29. The van der Waals surface area contributed by atoms with Crippen LogP contribution in [0.2, 0.25) is 0 Å². The van der Waals surface area contributed by atoms with Gasteiger partial charge in [-0.1, -0.05) is 19.0 Å². The third-order valence-electron chi connectivity index (χ3n) is 5.26. The number of hydrogen-bond donors (Lipinski definition) is 0. The summed E-state index contributed by atoms with van der Waals surface area (Å²) in [7, 11) is 1.53. The van der Waals surface area contributed by atoms with E-state index in [0.717, 1.165) is 12.8 Å². The molecule has 0 saturated heterocycles. The monoisotopic (exact) mass is 379 g/mol. The number of pyridine rings is 1. The maximum atomic E-state index is 12.7. The predicted octanol–water partition coefficient (Wildman–Crippen LogP) is 4.33. The summed E-state index contributed by atoms with van der Waals surface area (Å²) in [6.07, 6.45) is 3.58. The summed E-state index contributed by atoms with van der Waals surface area (Å²) >= 11 is 0. The van der Waals surface area contributed by atoms with Crippen molar-refractivity contribution >= 4 is 5.78 Å². The van der Waals surface area contributed by atoms with Gasteiger partial charge in [0.15, 0.2) is 5.78 Å². The van der Waals surface area contributed by atoms with E-state index in [0.29, 0.717) is 46.5 Å². The summed E-state index contributed by atoms with van der Waals surface area (Å²) in [6.45, 7) is 4.09. The van der Waals surface area contributed by atoms with Gasteiger partial charge in [-0.3, -0.25) is 4.79 Å². The highest BCUT2D eigenvalue weighted by molar-refractivity contribution is 6.01. The summed E-state index contributed by atoms with van der Waals surface area (Å²) in [5, 5.41) is 4.05. The number of nitrogens with zero attached hydrogens (tertiary/aromatic N) is 3. The Balaban J connectivity index is 1.68. The van der Waals surface area contributed by atoms with Gasteiger partial charge in [0.05, 0.1) is 19.1 Å². The first-order valence-electron chi connectivity index (χ1n) is 9.29. The van der Waals surface area contributed by atoms with Crippen molar-refractivity contribution < 1.29 is 18.8 Å². The van der Waals surface area contributed by atoms with E-state index in [1.165, 1.54) is 7.11 Å². The number of rotatable bonds is 5. The summed E-state index contributed by atoms with van der Waals surface area (Å²) in [5.41, 5.74) is 1.44. The van der Waals surface area contributed by atoms with Crippen LogP contribution in [0.1, 0.15) is 43.5 Å². The molecular weight excluding hydrogens is 358 g/mol. The molecule has 0 fully saturated rings. The molecule has 0 unspecified atom stereocenters. The van der Waals surface area contributed by atoms with E-state index < -0.39 is 5.60 Å². The van der Waals surface area contributed by atoms with Gasteiger partial charge in [-0.05, 0) is 43.2 Å². The minimum absolute atomic E-state index is 0.0736. The van der Waals surface area contributed by atoms with Gasteiger partial charge in [0.25, 0.3) is 5.89 Å². The average molecular weight is 379 g/mol. The third kappa shape index (κ3) is 3.02. The lowest BCUT2D eigenvalue weighted by atomic mass is 9.85. The molecule has 3 heterocycles. The molecule has 3 aromatic rings. The summed E-state index contributed by atoms with van der Waals surface area (Å²) in [6, 6.07) is 8.97. The first-order chi connectivity index (χ1) is 13.6. The van der Waals surface area contributed by atoms with Crippen LogP contribution in [0.3, 0.4) is 0 Å². The number of Topliss-reactive ketones (excluding diaryl/α,β-unsaturated/α-hetero) is 1. The van der Waals surface area contributed by atoms with E-state index in [2.05, 4.69) is 15.1 Å².